The first-order valence-electron chi connectivity index (χ1n) is 9.70. The maximum atomic E-state index is 12.6. The summed E-state index contributed by atoms with van der Waals surface area (Å²) in [5.41, 5.74) is 3.98. The van der Waals surface area contributed by atoms with Crippen LogP contribution in [0.15, 0.2) is 48.7 Å². The van der Waals surface area contributed by atoms with Crippen LogP contribution < -0.4 is 9.47 Å². The third-order valence-electron chi connectivity index (χ3n) is 5.48. The number of ether oxygens (including phenoxy) is 2. The molecule has 2 aromatic carbocycles. The highest BCUT2D eigenvalue weighted by atomic mass is 16.5. The van der Waals surface area contributed by atoms with Crippen LogP contribution in [0.1, 0.15) is 18.4 Å². The van der Waals surface area contributed by atoms with Crippen LogP contribution in [-0.4, -0.2) is 36.1 Å². The summed E-state index contributed by atoms with van der Waals surface area (Å²) >= 11 is 0. The van der Waals surface area contributed by atoms with E-state index < -0.39 is 0 Å². The van der Waals surface area contributed by atoms with E-state index in [-0.39, 0.29) is 11.8 Å². The molecule has 5 heteroatoms. The predicted molar refractivity (Wildman–Crippen MR) is 107 cm³/mol. The van der Waals surface area contributed by atoms with Crippen LogP contribution in [0.3, 0.4) is 0 Å². The van der Waals surface area contributed by atoms with Crippen molar-refractivity contribution in [2.75, 3.05) is 20.3 Å². The average molecular weight is 374 g/mol. The quantitative estimate of drug-likeness (QED) is 0.694. The average Bonchev–Trinajstić information content (AvgIpc) is 3.58. The number of methoxy groups -OCH3 is 1. The smallest absolute Gasteiger partial charge is 0.226 e. The molecule has 142 valence electrons. The number of fused-ring (bicyclic) bond motifs is 2. The fraction of sp³-hybridized carbons (Fsp3) is 0.304. The Hall–Kier alpha value is -3.08. The zero-order valence-electron chi connectivity index (χ0n) is 15.9. The lowest BCUT2D eigenvalue weighted by Gasteiger charge is -2.20. The van der Waals surface area contributed by atoms with E-state index >= 15 is 0 Å². The fourth-order valence-corrected chi connectivity index (χ4v) is 3.81. The molecule has 1 aliphatic carbocycles. The first kappa shape index (κ1) is 17.0. The third-order valence-corrected chi connectivity index (χ3v) is 5.48. The van der Waals surface area contributed by atoms with Crippen LogP contribution in [0.25, 0.3) is 22.0 Å². The van der Waals surface area contributed by atoms with E-state index in [2.05, 4.69) is 23.2 Å². The van der Waals surface area contributed by atoms with Gasteiger partial charge >= 0.3 is 0 Å². The van der Waals surface area contributed by atoms with Crippen molar-refractivity contribution in [3.05, 3.63) is 54.2 Å². The SMILES string of the molecule is COc1cc(-c2cnc3ccccc3c2)cc2c1OCCN(C(=O)C1CC1)C2. The largest absolute Gasteiger partial charge is 0.493 e. The van der Waals surface area contributed by atoms with Crippen molar-refractivity contribution in [2.45, 2.75) is 19.4 Å². The molecule has 2 aliphatic rings. The van der Waals surface area contributed by atoms with Crippen LogP contribution in [0, 0.1) is 5.92 Å². The van der Waals surface area contributed by atoms with Gasteiger partial charge in [0.05, 0.1) is 19.2 Å². The number of rotatable bonds is 3. The molecule has 0 atom stereocenters. The van der Waals surface area contributed by atoms with E-state index in [0.717, 1.165) is 46.2 Å². The summed E-state index contributed by atoms with van der Waals surface area (Å²) in [4.78, 5) is 19.1. The molecule has 0 saturated heterocycles. The van der Waals surface area contributed by atoms with Gasteiger partial charge in [0.1, 0.15) is 6.61 Å². The molecule has 5 nitrogen and oxygen atoms in total. The predicted octanol–water partition coefficient (Wildman–Crippen LogP) is 4.04. The second-order valence-electron chi connectivity index (χ2n) is 7.47. The Morgan fingerprint density at radius 3 is 2.86 bits per heavy atom. The topological polar surface area (TPSA) is 51.7 Å². The van der Waals surface area contributed by atoms with Crippen LogP contribution in [0.4, 0.5) is 0 Å². The first-order chi connectivity index (χ1) is 13.7. The number of aromatic nitrogens is 1. The molecule has 0 N–H and O–H groups in total. The molecule has 0 bridgehead atoms. The van der Waals surface area contributed by atoms with Crippen LogP contribution in [0.2, 0.25) is 0 Å². The van der Waals surface area contributed by atoms with Crippen LogP contribution in [-0.2, 0) is 11.3 Å². The lowest BCUT2D eigenvalue weighted by Crippen LogP contribution is -2.33. The molecule has 5 rings (SSSR count). The number of amides is 1. The molecule has 0 unspecified atom stereocenters. The molecule has 1 fully saturated rings. The Balaban J connectivity index is 1.56. The summed E-state index contributed by atoms with van der Waals surface area (Å²) in [5.74, 6) is 1.89. The first-order valence-corrected chi connectivity index (χ1v) is 9.70. The Kier molecular flexibility index (Phi) is 4.15. The van der Waals surface area contributed by atoms with Gasteiger partial charge in [-0.25, -0.2) is 0 Å². The number of pyridine rings is 1. The molecule has 1 saturated carbocycles. The second kappa shape index (κ2) is 6.82. The minimum Gasteiger partial charge on any atom is -0.493 e. The van der Waals surface area contributed by atoms with Gasteiger partial charge in [-0.2, -0.15) is 0 Å². The van der Waals surface area contributed by atoms with Gasteiger partial charge in [0.15, 0.2) is 11.5 Å². The summed E-state index contributed by atoms with van der Waals surface area (Å²) in [6.45, 7) is 1.65. The van der Waals surface area contributed by atoms with E-state index in [0.29, 0.717) is 25.4 Å². The van der Waals surface area contributed by atoms with E-state index in [9.17, 15) is 4.79 Å². The lowest BCUT2D eigenvalue weighted by molar-refractivity contribution is -0.133. The highest BCUT2D eigenvalue weighted by molar-refractivity contribution is 5.84. The standard InChI is InChI=1S/C23H22N2O3/c1-27-21-12-17(18-10-16-4-2-3-5-20(16)24-13-18)11-19-14-25(8-9-28-22(19)21)23(26)15-6-7-15/h2-5,10-13,15H,6-9,14H2,1H3. The number of hydrogen-bond acceptors (Lipinski definition) is 4. The van der Waals surface area contributed by atoms with Crippen molar-refractivity contribution in [1.82, 2.24) is 9.88 Å². The second-order valence-corrected chi connectivity index (χ2v) is 7.47. The fourth-order valence-electron chi connectivity index (χ4n) is 3.81. The Morgan fingerprint density at radius 2 is 2.04 bits per heavy atom. The number of carbonyl (C=O) groups excluding carboxylic acids is 1. The molecule has 0 spiro atoms. The number of para-hydroxylation sites is 1. The van der Waals surface area contributed by atoms with Crippen LogP contribution >= 0.6 is 0 Å². The molecule has 0 radical (unpaired) electrons. The van der Waals surface area contributed by atoms with E-state index in [1.807, 2.05) is 35.4 Å². The lowest BCUT2D eigenvalue weighted by atomic mass is 10.0. The van der Waals surface area contributed by atoms with Crippen molar-refractivity contribution in [3.8, 4) is 22.6 Å². The normalized spacial score (nSPS) is 16.2. The molecule has 1 amide bonds. The van der Waals surface area contributed by atoms with Gasteiger partial charge in [0.25, 0.3) is 0 Å². The molecule has 1 aliphatic heterocycles. The van der Waals surface area contributed by atoms with Crippen LogP contribution in [0.5, 0.6) is 11.5 Å². The maximum Gasteiger partial charge on any atom is 0.226 e. The summed E-state index contributed by atoms with van der Waals surface area (Å²) in [6, 6.07) is 14.3. The summed E-state index contributed by atoms with van der Waals surface area (Å²) < 4.78 is 11.6. The molecule has 1 aromatic heterocycles. The Morgan fingerprint density at radius 1 is 1.18 bits per heavy atom. The monoisotopic (exact) mass is 374 g/mol. The van der Waals surface area contributed by atoms with E-state index in [1.54, 1.807) is 7.11 Å². The number of benzene rings is 2. The van der Waals surface area contributed by atoms with E-state index in [1.165, 1.54) is 0 Å². The zero-order chi connectivity index (χ0) is 19.1. The van der Waals surface area contributed by atoms with Gasteiger partial charge in [-0.1, -0.05) is 18.2 Å². The zero-order valence-corrected chi connectivity index (χ0v) is 15.9. The van der Waals surface area contributed by atoms with Gasteiger partial charge in [0, 0.05) is 35.2 Å². The van der Waals surface area contributed by atoms with Gasteiger partial charge in [-0.15, -0.1) is 0 Å². The number of nitrogens with zero attached hydrogens (tertiary/aromatic N) is 2. The van der Waals surface area contributed by atoms with Gasteiger partial charge in [0.2, 0.25) is 5.91 Å². The summed E-state index contributed by atoms with van der Waals surface area (Å²) in [6.07, 6.45) is 3.90. The molecule has 28 heavy (non-hydrogen) atoms. The number of hydrogen-bond donors (Lipinski definition) is 0. The van der Waals surface area contributed by atoms with Gasteiger partial charge in [-0.05, 0) is 42.7 Å². The van der Waals surface area contributed by atoms with Gasteiger partial charge in [-0.3, -0.25) is 9.78 Å². The van der Waals surface area contributed by atoms with Crippen molar-refractivity contribution >= 4 is 16.8 Å². The molecular formula is C23H22N2O3. The minimum atomic E-state index is 0.205. The Labute approximate surface area is 163 Å². The van der Waals surface area contributed by atoms with Crippen molar-refractivity contribution in [2.24, 2.45) is 5.92 Å². The third kappa shape index (κ3) is 3.07. The summed E-state index contributed by atoms with van der Waals surface area (Å²) in [7, 11) is 1.65. The van der Waals surface area contributed by atoms with Gasteiger partial charge < -0.3 is 14.4 Å². The number of carbonyl (C=O) groups is 1. The molecule has 2 heterocycles. The summed E-state index contributed by atoms with van der Waals surface area (Å²) in [5, 5.41) is 1.09. The van der Waals surface area contributed by atoms with Crippen molar-refractivity contribution in [3.63, 3.8) is 0 Å². The molecular weight excluding hydrogens is 352 g/mol. The Bertz CT molecular complexity index is 1060. The van der Waals surface area contributed by atoms with E-state index in [4.69, 9.17) is 9.47 Å². The highest BCUT2D eigenvalue weighted by Crippen LogP contribution is 2.40. The highest BCUT2D eigenvalue weighted by Gasteiger charge is 2.34. The maximum absolute atomic E-state index is 12.6. The van der Waals surface area contributed by atoms with Crippen molar-refractivity contribution < 1.29 is 14.3 Å². The minimum absolute atomic E-state index is 0.205. The van der Waals surface area contributed by atoms with Crippen molar-refractivity contribution in [1.29, 1.82) is 0 Å². The molecule has 3 aromatic rings.